The van der Waals surface area contributed by atoms with E-state index in [4.69, 9.17) is 0 Å². The van der Waals surface area contributed by atoms with Crippen LogP contribution in [0.25, 0.3) is 0 Å². The molecule has 0 aromatic carbocycles. The molecule has 0 aromatic heterocycles. The Morgan fingerprint density at radius 3 is 2.00 bits per heavy atom. The lowest BCUT2D eigenvalue weighted by Crippen LogP contribution is -2.12. The second-order valence-electron chi connectivity index (χ2n) is 3.70. The minimum atomic E-state index is -0.0920. The van der Waals surface area contributed by atoms with Gasteiger partial charge in [-0.3, -0.25) is 4.79 Å². The Balaban J connectivity index is 5.83. The molecule has 0 fully saturated rings. The van der Waals surface area contributed by atoms with Gasteiger partial charge in [0, 0.05) is 12.5 Å². The standard InChI is InChI=1S/C17H21NO/c1-6-10-15(11-7-2)17(14(5)19)18-16(12-8-3)13-9-4/h6-13H,1,3H2,2,4-5H3/b11-7-,13-9-,15-10+,16-12+,18-17+. The first-order chi connectivity index (χ1) is 9.10. The Morgan fingerprint density at radius 1 is 1.00 bits per heavy atom. The minimum absolute atomic E-state index is 0.0920. The highest BCUT2D eigenvalue weighted by molar-refractivity contribution is 6.46. The Morgan fingerprint density at radius 2 is 1.58 bits per heavy atom. The molecule has 0 N–H and O–H groups in total. The molecule has 0 radical (unpaired) electrons. The summed E-state index contributed by atoms with van der Waals surface area (Å²) in [5.74, 6) is -0.0920. The molecule has 0 atom stereocenters. The molecular formula is C17H21NO. The van der Waals surface area contributed by atoms with Crippen LogP contribution in [0.15, 0.2) is 78.0 Å². The minimum Gasteiger partial charge on any atom is -0.293 e. The molecule has 0 aliphatic rings. The van der Waals surface area contributed by atoms with Crippen LogP contribution in [-0.2, 0) is 4.79 Å². The maximum atomic E-state index is 11.8. The number of carbonyl (C=O) groups excluding carboxylic acids is 1. The zero-order valence-corrected chi connectivity index (χ0v) is 11.9. The second kappa shape index (κ2) is 9.77. The van der Waals surface area contributed by atoms with Crippen molar-refractivity contribution in [3.63, 3.8) is 0 Å². The topological polar surface area (TPSA) is 29.4 Å². The maximum absolute atomic E-state index is 11.8. The number of aliphatic imine (C=N–C) groups is 1. The van der Waals surface area contributed by atoms with Crippen LogP contribution in [0.5, 0.6) is 0 Å². The summed E-state index contributed by atoms with van der Waals surface area (Å²) in [7, 11) is 0. The van der Waals surface area contributed by atoms with Crippen LogP contribution in [0, 0.1) is 0 Å². The summed E-state index contributed by atoms with van der Waals surface area (Å²) in [6.07, 6.45) is 14.2. The van der Waals surface area contributed by atoms with E-state index >= 15 is 0 Å². The van der Waals surface area contributed by atoms with E-state index in [1.54, 1.807) is 24.3 Å². The van der Waals surface area contributed by atoms with Crippen LogP contribution in [0.4, 0.5) is 0 Å². The number of rotatable bonds is 7. The average molecular weight is 255 g/mol. The normalized spacial score (nSPS) is 14.2. The van der Waals surface area contributed by atoms with Crippen molar-refractivity contribution in [3.05, 3.63) is 73.0 Å². The van der Waals surface area contributed by atoms with Crippen molar-refractivity contribution >= 4 is 11.5 Å². The molecule has 0 aliphatic heterocycles. The molecule has 19 heavy (non-hydrogen) atoms. The maximum Gasteiger partial charge on any atom is 0.178 e. The van der Waals surface area contributed by atoms with Gasteiger partial charge in [-0.1, -0.05) is 49.6 Å². The Bertz CT molecular complexity index is 485. The molecule has 100 valence electrons. The third-order valence-electron chi connectivity index (χ3n) is 2.12. The first-order valence-electron chi connectivity index (χ1n) is 6.11. The van der Waals surface area contributed by atoms with Crippen LogP contribution in [-0.4, -0.2) is 11.5 Å². The molecule has 0 spiro atoms. The van der Waals surface area contributed by atoms with Gasteiger partial charge < -0.3 is 0 Å². The van der Waals surface area contributed by atoms with E-state index in [-0.39, 0.29) is 5.78 Å². The van der Waals surface area contributed by atoms with E-state index in [1.165, 1.54) is 6.92 Å². The van der Waals surface area contributed by atoms with Crippen LogP contribution in [0.3, 0.4) is 0 Å². The monoisotopic (exact) mass is 255 g/mol. The first-order valence-corrected chi connectivity index (χ1v) is 6.11. The number of ketones is 1. The van der Waals surface area contributed by atoms with Crippen LogP contribution in [0.2, 0.25) is 0 Å². The number of Topliss-reactive ketones (excluding diaryl/α,β-unsaturated/α-hetero) is 1. The number of carbonyl (C=O) groups is 1. The van der Waals surface area contributed by atoms with E-state index in [0.29, 0.717) is 11.4 Å². The molecule has 0 unspecified atom stereocenters. The van der Waals surface area contributed by atoms with Crippen molar-refractivity contribution in [1.29, 1.82) is 0 Å². The average Bonchev–Trinajstić information content (AvgIpc) is 2.36. The quantitative estimate of drug-likeness (QED) is 0.491. The number of allylic oxidation sites excluding steroid dienone is 9. The van der Waals surface area contributed by atoms with Gasteiger partial charge in [0.1, 0.15) is 5.71 Å². The third kappa shape index (κ3) is 6.32. The summed E-state index contributed by atoms with van der Waals surface area (Å²) in [6, 6.07) is 0. The lowest BCUT2D eigenvalue weighted by Gasteiger charge is -2.04. The van der Waals surface area contributed by atoms with Crippen LogP contribution in [0.1, 0.15) is 20.8 Å². The first kappa shape index (κ1) is 16.8. The summed E-state index contributed by atoms with van der Waals surface area (Å²) in [6.45, 7) is 12.6. The number of hydrogen-bond donors (Lipinski definition) is 0. The zero-order chi connectivity index (χ0) is 14.7. The predicted molar refractivity (Wildman–Crippen MR) is 84.3 cm³/mol. The van der Waals surface area contributed by atoms with Crippen LogP contribution >= 0.6 is 0 Å². The summed E-state index contributed by atoms with van der Waals surface area (Å²) in [5, 5.41) is 0. The SMILES string of the molecule is C=C/C=C(\C=C/C)/N=C(C(C)=O)/C(/C=C\C)=C/C=C. The summed E-state index contributed by atoms with van der Waals surface area (Å²) < 4.78 is 0. The van der Waals surface area contributed by atoms with Gasteiger partial charge in [-0.2, -0.15) is 0 Å². The zero-order valence-electron chi connectivity index (χ0n) is 11.9. The number of hydrogen-bond acceptors (Lipinski definition) is 2. The lowest BCUT2D eigenvalue weighted by atomic mass is 10.1. The highest BCUT2D eigenvalue weighted by Crippen LogP contribution is 2.09. The summed E-state index contributed by atoms with van der Waals surface area (Å²) in [4.78, 5) is 16.2. The van der Waals surface area contributed by atoms with E-state index in [0.717, 1.165) is 5.57 Å². The highest BCUT2D eigenvalue weighted by Gasteiger charge is 2.09. The van der Waals surface area contributed by atoms with Crippen molar-refractivity contribution in [2.24, 2.45) is 4.99 Å². The molecule has 0 aromatic rings. The van der Waals surface area contributed by atoms with Gasteiger partial charge in [0.2, 0.25) is 0 Å². The van der Waals surface area contributed by atoms with Crippen molar-refractivity contribution < 1.29 is 4.79 Å². The van der Waals surface area contributed by atoms with Gasteiger partial charge in [-0.05, 0) is 26.0 Å². The van der Waals surface area contributed by atoms with E-state index in [9.17, 15) is 4.79 Å². The van der Waals surface area contributed by atoms with E-state index < -0.39 is 0 Å². The fourth-order valence-electron chi connectivity index (χ4n) is 1.42. The highest BCUT2D eigenvalue weighted by atomic mass is 16.1. The van der Waals surface area contributed by atoms with Gasteiger partial charge in [-0.25, -0.2) is 4.99 Å². The molecule has 2 heteroatoms. The molecule has 0 bridgehead atoms. The molecule has 0 saturated heterocycles. The van der Waals surface area contributed by atoms with Gasteiger partial charge in [0.15, 0.2) is 5.78 Å². The molecule has 0 aliphatic carbocycles. The van der Waals surface area contributed by atoms with Gasteiger partial charge >= 0.3 is 0 Å². The molecule has 0 saturated carbocycles. The Kier molecular flexibility index (Phi) is 8.63. The van der Waals surface area contributed by atoms with E-state index in [2.05, 4.69) is 18.2 Å². The number of nitrogens with zero attached hydrogens (tertiary/aromatic N) is 1. The predicted octanol–water partition coefficient (Wildman–Crippen LogP) is 4.35. The third-order valence-corrected chi connectivity index (χ3v) is 2.12. The molecule has 0 amide bonds. The molecule has 0 rings (SSSR count). The molecule has 0 heterocycles. The summed E-state index contributed by atoms with van der Waals surface area (Å²) >= 11 is 0. The van der Waals surface area contributed by atoms with E-state index in [1.807, 2.05) is 38.2 Å². The molecule has 2 nitrogen and oxygen atoms in total. The lowest BCUT2D eigenvalue weighted by molar-refractivity contribution is -0.111. The fourth-order valence-corrected chi connectivity index (χ4v) is 1.42. The van der Waals surface area contributed by atoms with Gasteiger partial charge in [-0.15, -0.1) is 0 Å². The molecular weight excluding hydrogens is 234 g/mol. The van der Waals surface area contributed by atoms with Gasteiger partial charge in [0.25, 0.3) is 0 Å². The van der Waals surface area contributed by atoms with Crippen molar-refractivity contribution in [1.82, 2.24) is 0 Å². The van der Waals surface area contributed by atoms with Crippen molar-refractivity contribution in [2.75, 3.05) is 0 Å². The van der Waals surface area contributed by atoms with Gasteiger partial charge in [0.05, 0.1) is 5.70 Å². The van der Waals surface area contributed by atoms with Crippen molar-refractivity contribution in [3.8, 4) is 0 Å². The summed E-state index contributed by atoms with van der Waals surface area (Å²) in [5.41, 5.74) is 1.83. The smallest absolute Gasteiger partial charge is 0.178 e. The fraction of sp³-hybridized carbons (Fsp3) is 0.176. The second-order valence-corrected chi connectivity index (χ2v) is 3.70. The van der Waals surface area contributed by atoms with Crippen LogP contribution < -0.4 is 0 Å². The largest absolute Gasteiger partial charge is 0.293 e. The Hall–Kier alpha value is -2.22. The van der Waals surface area contributed by atoms with Crippen molar-refractivity contribution in [2.45, 2.75) is 20.8 Å². The Labute approximate surface area is 115 Å².